The van der Waals surface area contributed by atoms with Crippen LogP contribution in [-0.2, 0) is 11.3 Å². The van der Waals surface area contributed by atoms with Gasteiger partial charge in [-0.15, -0.1) is 0 Å². The molecule has 0 heterocycles. The smallest absolute Gasteiger partial charge is 0.236 e. The second-order valence-corrected chi connectivity index (χ2v) is 5.17. The third kappa shape index (κ3) is 3.61. The Bertz CT molecular complexity index is 461. The molecule has 0 radical (unpaired) electrons. The summed E-state index contributed by atoms with van der Waals surface area (Å²) < 4.78 is 5.26. The van der Waals surface area contributed by atoms with Crippen LogP contribution in [0.25, 0.3) is 0 Å². The molecule has 1 N–H and O–H groups in total. The SMILES string of the molecule is COc1cccc(Cl)c1CNCC(=O)N(C)C1CC1. The summed E-state index contributed by atoms with van der Waals surface area (Å²) in [7, 11) is 3.47. The maximum atomic E-state index is 11.9. The molecule has 0 spiro atoms. The summed E-state index contributed by atoms with van der Waals surface area (Å²) in [6.45, 7) is 0.842. The van der Waals surface area contributed by atoms with E-state index in [2.05, 4.69) is 5.32 Å². The number of nitrogens with one attached hydrogen (secondary N) is 1. The average molecular weight is 283 g/mol. The first-order chi connectivity index (χ1) is 9.13. The third-order valence-electron chi connectivity index (χ3n) is 3.36. The molecule has 0 bridgehead atoms. The van der Waals surface area contributed by atoms with Crippen molar-refractivity contribution >= 4 is 17.5 Å². The van der Waals surface area contributed by atoms with Crippen LogP contribution < -0.4 is 10.1 Å². The number of ether oxygens (including phenoxy) is 1. The Balaban J connectivity index is 1.86. The van der Waals surface area contributed by atoms with E-state index in [1.807, 2.05) is 30.1 Å². The number of hydrogen-bond acceptors (Lipinski definition) is 3. The summed E-state index contributed by atoms with van der Waals surface area (Å²) in [4.78, 5) is 13.7. The van der Waals surface area contributed by atoms with Crippen molar-refractivity contribution in [1.82, 2.24) is 10.2 Å². The summed E-state index contributed by atoms with van der Waals surface area (Å²) in [5.41, 5.74) is 0.883. The fourth-order valence-corrected chi connectivity index (χ4v) is 2.22. The molecule has 0 unspecified atom stereocenters. The Morgan fingerprint density at radius 2 is 2.26 bits per heavy atom. The molecule has 1 aromatic rings. The standard InChI is InChI=1S/C14H19ClN2O2/c1-17(10-6-7-10)14(18)9-16-8-11-12(15)4-3-5-13(11)19-2/h3-5,10,16H,6-9H2,1-2H3. The molecule has 1 fully saturated rings. The van der Waals surface area contributed by atoms with Crippen LogP contribution in [-0.4, -0.2) is 37.6 Å². The number of methoxy groups -OCH3 is 1. The monoisotopic (exact) mass is 282 g/mol. The zero-order valence-electron chi connectivity index (χ0n) is 11.3. The van der Waals surface area contributed by atoms with E-state index in [0.717, 1.165) is 24.2 Å². The molecular formula is C14H19ClN2O2. The summed E-state index contributed by atoms with van der Waals surface area (Å²) in [6, 6.07) is 5.97. The zero-order valence-corrected chi connectivity index (χ0v) is 12.0. The topological polar surface area (TPSA) is 41.6 Å². The minimum Gasteiger partial charge on any atom is -0.496 e. The number of carbonyl (C=O) groups is 1. The van der Waals surface area contributed by atoms with Gasteiger partial charge in [0.1, 0.15) is 5.75 Å². The fourth-order valence-electron chi connectivity index (χ4n) is 1.99. The van der Waals surface area contributed by atoms with E-state index in [1.165, 1.54) is 0 Å². The predicted octanol–water partition coefficient (Wildman–Crippen LogP) is 2.06. The van der Waals surface area contributed by atoms with Gasteiger partial charge in [-0.1, -0.05) is 17.7 Å². The van der Waals surface area contributed by atoms with E-state index in [1.54, 1.807) is 7.11 Å². The highest BCUT2D eigenvalue weighted by Gasteiger charge is 2.29. The maximum Gasteiger partial charge on any atom is 0.236 e. The quantitative estimate of drug-likeness (QED) is 0.868. The molecule has 0 aliphatic heterocycles. The molecule has 4 nitrogen and oxygen atoms in total. The molecule has 1 aromatic carbocycles. The fraction of sp³-hybridized carbons (Fsp3) is 0.500. The average Bonchev–Trinajstić information content (AvgIpc) is 3.23. The van der Waals surface area contributed by atoms with Gasteiger partial charge < -0.3 is 15.0 Å². The zero-order chi connectivity index (χ0) is 13.8. The van der Waals surface area contributed by atoms with Crippen molar-refractivity contribution in [2.45, 2.75) is 25.4 Å². The van der Waals surface area contributed by atoms with Crippen LogP contribution in [0.1, 0.15) is 18.4 Å². The highest BCUT2D eigenvalue weighted by atomic mass is 35.5. The van der Waals surface area contributed by atoms with E-state index in [0.29, 0.717) is 24.2 Å². The molecule has 1 saturated carbocycles. The van der Waals surface area contributed by atoms with Crippen molar-refractivity contribution in [3.05, 3.63) is 28.8 Å². The molecule has 0 saturated heterocycles. The summed E-state index contributed by atoms with van der Waals surface area (Å²) in [5.74, 6) is 0.858. The molecule has 1 aliphatic carbocycles. The summed E-state index contributed by atoms with van der Waals surface area (Å²) in [5, 5.41) is 3.77. The first-order valence-electron chi connectivity index (χ1n) is 6.41. The van der Waals surface area contributed by atoms with Crippen LogP contribution in [0.2, 0.25) is 5.02 Å². The highest BCUT2D eigenvalue weighted by Crippen LogP contribution is 2.26. The van der Waals surface area contributed by atoms with Crippen LogP contribution in [0.5, 0.6) is 5.75 Å². The molecule has 104 valence electrons. The van der Waals surface area contributed by atoms with E-state index >= 15 is 0 Å². The number of benzene rings is 1. The number of amides is 1. The van der Waals surface area contributed by atoms with Crippen LogP contribution in [0.3, 0.4) is 0 Å². The normalized spacial score (nSPS) is 14.3. The number of carbonyl (C=O) groups excluding carboxylic acids is 1. The number of rotatable bonds is 6. The van der Waals surface area contributed by atoms with E-state index < -0.39 is 0 Å². The lowest BCUT2D eigenvalue weighted by atomic mass is 10.2. The molecular weight excluding hydrogens is 264 g/mol. The Morgan fingerprint density at radius 1 is 1.53 bits per heavy atom. The Labute approximate surface area is 118 Å². The maximum absolute atomic E-state index is 11.9. The number of likely N-dealkylation sites (N-methyl/N-ethyl adjacent to an activating group) is 1. The van der Waals surface area contributed by atoms with Gasteiger partial charge >= 0.3 is 0 Å². The largest absolute Gasteiger partial charge is 0.496 e. The van der Waals surface area contributed by atoms with Crippen molar-refractivity contribution in [2.24, 2.45) is 0 Å². The van der Waals surface area contributed by atoms with Crippen molar-refractivity contribution in [1.29, 1.82) is 0 Å². The van der Waals surface area contributed by atoms with Gasteiger partial charge in [0.15, 0.2) is 0 Å². The number of nitrogens with zero attached hydrogens (tertiary/aromatic N) is 1. The van der Waals surface area contributed by atoms with Crippen LogP contribution >= 0.6 is 11.6 Å². The lowest BCUT2D eigenvalue weighted by Crippen LogP contribution is -2.36. The second-order valence-electron chi connectivity index (χ2n) is 4.76. The molecule has 2 rings (SSSR count). The van der Waals surface area contributed by atoms with Gasteiger partial charge in [-0.2, -0.15) is 0 Å². The minimum absolute atomic E-state index is 0.119. The third-order valence-corrected chi connectivity index (χ3v) is 3.72. The lowest BCUT2D eigenvalue weighted by Gasteiger charge is -2.17. The predicted molar refractivity (Wildman–Crippen MR) is 75.5 cm³/mol. The Kier molecular flexibility index (Phi) is 4.66. The van der Waals surface area contributed by atoms with Crippen LogP contribution in [0.15, 0.2) is 18.2 Å². The highest BCUT2D eigenvalue weighted by molar-refractivity contribution is 6.31. The molecule has 0 aromatic heterocycles. The van der Waals surface area contributed by atoms with E-state index in [4.69, 9.17) is 16.3 Å². The second kappa shape index (κ2) is 6.26. The van der Waals surface area contributed by atoms with Crippen molar-refractivity contribution in [3.63, 3.8) is 0 Å². The van der Waals surface area contributed by atoms with Gasteiger partial charge in [0.2, 0.25) is 5.91 Å². The number of hydrogen-bond donors (Lipinski definition) is 1. The Morgan fingerprint density at radius 3 is 2.89 bits per heavy atom. The van der Waals surface area contributed by atoms with E-state index in [-0.39, 0.29) is 5.91 Å². The van der Waals surface area contributed by atoms with E-state index in [9.17, 15) is 4.79 Å². The van der Waals surface area contributed by atoms with Crippen molar-refractivity contribution in [2.75, 3.05) is 20.7 Å². The molecule has 1 amide bonds. The van der Waals surface area contributed by atoms with Gasteiger partial charge in [-0.05, 0) is 25.0 Å². The van der Waals surface area contributed by atoms with Crippen LogP contribution in [0.4, 0.5) is 0 Å². The summed E-state index contributed by atoms with van der Waals surface area (Å²) in [6.07, 6.45) is 2.25. The van der Waals surface area contributed by atoms with Gasteiger partial charge in [-0.3, -0.25) is 4.79 Å². The van der Waals surface area contributed by atoms with Crippen LogP contribution in [0, 0.1) is 0 Å². The summed E-state index contributed by atoms with van der Waals surface area (Å²) >= 11 is 6.13. The van der Waals surface area contributed by atoms with Gasteiger partial charge in [0.05, 0.1) is 13.7 Å². The molecule has 19 heavy (non-hydrogen) atoms. The van der Waals surface area contributed by atoms with Gasteiger partial charge in [0, 0.05) is 30.2 Å². The molecule has 1 aliphatic rings. The van der Waals surface area contributed by atoms with Gasteiger partial charge in [-0.25, -0.2) is 0 Å². The number of halogens is 1. The van der Waals surface area contributed by atoms with Crippen molar-refractivity contribution in [3.8, 4) is 5.75 Å². The molecule has 0 atom stereocenters. The first kappa shape index (κ1) is 14.2. The van der Waals surface area contributed by atoms with Crippen molar-refractivity contribution < 1.29 is 9.53 Å². The minimum atomic E-state index is 0.119. The molecule has 5 heteroatoms. The van der Waals surface area contributed by atoms with Gasteiger partial charge in [0.25, 0.3) is 0 Å². The lowest BCUT2D eigenvalue weighted by molar-refractivity contribution is -0.129. The first-order valence-corrected chi connectivity index (χ1v) is 6.79. The Hall–Kier alpha value is -1.26.